The molecule has 0 bridgehead atoms. The Labute approximate surface area is 75.6 Å². The Balaban J connectivity index is 2.53. The van der Waals surface area contributed by atoms with Crippen LogP contribution in [0.25, 0.3) is 0 Å². The number of nitrogen functional groups attached to an aromatic ring is 1. The maximum absolute atomic E-state index is 11.0. The molecule has 0 fully saturated rings. The molecule has 1 aliphatic rings. The second kappa shape index (κ2) is 2.85. The summed E-state index contributed by atoms with van der Waals surface area (Å²) in [6.45, 7) is 1.72. The van der Waals surface area contributed by atoms with Crippen LogP contribution in [-0.4, -0.2) is 28.5 Å². The van der Waals surface area contributed by atoms with Gasteiger partial charge in [0.1, 0.15) is 5.82 Å². The summed E-state index contributed by atoms with van der Waals surface area (Å²) in [4.78, 5) is 19.5. The van der Waals surface area contributed by atoms with Crippen LogP contribution < -0.4 is 11.4 Å². The van der Waals surface area contributed by atoms with Gasteiger partial charge in [-0.25, -0.2) is 4.79 Å². The van der Waals surface area contributed by atoms with Crippen molar-refractivity contribution in [1.29, 1.82) is 0 Å². The van der Waals surface area contributed by atoms with Gasteiger partial charge >= 0.3 is 5.69 Å². The minimum Gasteiger partial charge on any atom is -0.383 e. The van der Waals surface area contributed by atoms with E-state index in [-0.39, 0.29) is 5.69 Å². The van der Waals surface area contributed by atoms with E-state index in [9.17, 15) is 4.79 Å². The van der Waals surface area contributed by atoms with Gasteiger partial charge in [-0.15, -0.1) is 0 Å². The van der Waals surface area contributed by atoms with Crippen molar-refractivity contribution in [3.63, 3.8) is 0 Å². The van der Waals surface area contributed by atoms with Gasteiger partial charge in [-0.05, 0) is 7.05 Å². The smallest absolute Gasteiger partial charge is 0.347 e. The lowest BCUT2D eigenvalue weighted by Crippen LogP contribution is -2.31. The van der Waals surface area contributed by atoms with E-state index in [4.69, 9.17) is 5.73 Å². The second-order valence-corrected chi connectivity index (χ2v) is 3.37. The molecule has 0 radical (unpaired) electrons. The van der Waals surface area contributed by atoms with Crippen LogP contribution in [0, 0.1) is 0 Å². The first-order valence-corrected chi connectivity index (χ1v) is 4.23. The number of nitrogens with one attached hydrogen (secondary N) is 1. The minimum atomic E-state index is -0.346. The molecule has 0 spiro atoms. The Kier molecular flexibility index (Phi) is 1.81. The van der Waals surface area contributed by atoms with Crippen molar-refractivity contribution in [2.24, 2.45) is 0 Å². The third-order valence-electron chi connectivity index (χ3n) is 2.32. The number of hydrogen-bond donors (Lipinski definition) is 2. The van der Waals surface area contributed by atoms with Crippen LogP contribution in [0.2, 0.25) is 0 Å². The van der Waals surface area contributed by atoms with E-state index in [1.54, 1.807) is 0 Å². The molecule has 2 rings (SSSR count). The molecule has 0 unspecified atom stereocenters. The number of rotatable bonds is 0. The molecular weight excluding hydrogens is 168 g/mol. The average molecular weight is 180 g/mol. The lowest BCUT2D eigenvalue weighted by molar-refractivity contribution is 0.309. The van der Waals surface area contributed by atoms with E-state index in [1.807, 2.05) is 7.05 Å². The van der Waals surface area contributed by atoms with E-state index in [0.717, 1.165) is 30.8 Å². The van der Waals surface area contributed by atoms with Crippen molar-refractivity contribution in [3.05, 3.63) is 21.7 Å². The number of fused-ring (bicyclic) bond motifs is 1. The Bertz CT molecular complexity index is 384. The molecular formula is C8H12N4O. The molecule has 0 atom stereocenters. The van der Waals surface area contributed by atoms with Gasteiger partial charge in [-0.1, -0.05) is 0 Å². The lowest BCUT2D eigenvalue weighted by Gasteiger charge is -2.24. The van der Waals surface area contributed by atoms with Gasteiger partial charge in [0.15, 0.2) is 0 Å². The predicted octanol–water partition coefficient (Wildman–Crippen LogP) is -0.660. The summed E-state index contributed by atoms with van der Waals surface area (Å²) < 4.78 is 0. The van der Waals surface area contributed by atoms with Crippen LogP contribution in [0.1, 0.15) is 11.3 Å². The molecule has 5 nitrogen and oxygen atoms in total. The largest absolute Gasteiger partial charge is 0.383 e. The molecule has 1 aliphatic heterocycles. The fourth-order valence-electron chi connectivity index (χ4n) is 1.61. The first-order valence-electron chi connectivity index (χ1n) is 4.23. The topological polar surface area (TPSA) is 75.0 Å². The molecule has 0 saturated carbocycles. The fraction of sp³-hybridized carbons (Fsp3) is 0.500. The average Bonchev–Trinajstić information content (AvgIpc) is 2.06. The molecule has 0 amide bonds. The van der Waals surface area contributed by atoms with Gasteiger partial charge in [0.2, 0.25) is 0 Å². The van der Waals surface area contributed by atoms with Crippen molar-refractivity contribution in [3.8, 4) is 0 Å². The van der Waals surface area contributed by atoms with Gasteiger partial charge < -0.3 is 15.6 Å². The summed E-state index contributed by atoms with van der Waals surface area (Å²) in [6, 6.07) is 0. The molecule has 1 aromatic rings. The Morgan fingerprint density at radius 3 is 3.15 bits per heavy atom. The molecule has 3 N–H and O–H groups in total. The molecule has 0 saturated heterocycles. The Morgan fingerprint density at radius 1 is 1.62 bits per heavy atom. The van der Waals surface area contributed by atoms with Crippen molar-refractivity contribution in [1.82, 2.24) is 14.9 Å². The number of aromatic nitrogens is 2. The van der Waals surface area contributed by atoms with Crippen LogP contribution in [0.3, 0.4) is 0 Å². The zero-order valence-corrected chi connectivity index (χ0v) is 7.50. The minimum absolute atomic E-state index is 0.346. The van der Waals surface area contributed by atoms with Crippen LogP contribution >= 0.6 is 0 Å². The monoisotopic (exact) mass is 180 g/mol. The zero-order chi connectivity index (χ0) is 9.42. The predicted molar refractivity (Wildman–Crippen MR) is 49.3 cm³/mol. The number of aromatic amines is 1. The standard InChI is InChI=1S/C8H12N4O/c1-12-3-2-6-5(4-12)7(9)11-8(13)10-6/h2-4H2,1H3,(H3,9,10,11,13). The maximum Gasteiger partial charge on any atom is 0.347 e. The third kappa shape index (κ3) is 1.42. The summed E-state index contributed by atoms with van der Waals surface area (Å²) in [5.41, 5.74) is 7.21. The second-order valence-electron chi connectivity index (χ2n) is 3.37. The molecule has 0 aromatic carbocycles. The lowest BCUT2D eigenvalue weighted by atomic mass is 10.1. The highest BCUT2D eigenvalue weighted by molar-refractivity contribution is 5.42. The van der Waals surface area contributed by atoms with E-state index in [0.29, 0.717) is 5.82 Å². The fourth-order valence-corrected chi connectivity index (χ4v) is 1.61. The summed E-state index contributed by atoms with van der Waals surface area (Å²) in [5, 5.41) is 0. The van der Waals surface area contributed by atoms with E-state index in [1.165, 1.54) is 0 Å². The van der Waals surface area contributed by atoms with Gasteiger partial charge in [-0.3, -0.25) is 0 Å². The Hall–Kier alpha value is -1.36. The normalized spacial score (nSPS) is 17.0. The number of likely N-dealkylation sites (N-methyl/N-ethyl adjacent to an activating group) is 1. The quantitative estimate of drug-likeness (QED) is 0.556. The SMILES string of the molecule is CN1CCc2[nH]c(=O)nc(N)c2C1. The molecule has 13 heavy (non-hydrogen) atoms. The Morgan fingerprint density at radius 2 is 2.38 bits per heavy atom. The first kappa shape index (κ1) is 8.25. The van der Waals surface area contributed by atoms with Gasteiger partial charge in [0.05, 0.1) is 0 Å². The molecule has 0 aliphatic carbocycles. The van der Waals surface area contributed by atoms with Crippen LogP contribution in [-0.2, 0) is 13.0 Å². The highest BCUT2D eigenvalue weighted by Crippen LogP contribution is 2.17. The van der Waals surface area contributed by atoms with E-state index < -0.39 is 0 Å². The van der Waals surface area contributed by atoms with E-state index in [2.05, 4.69) is 14.9 Å². The summed E-state index contributed by atoms with van der Waals surface area (Å²) in [7, 11) is 2.02. The van der Waals surface area contributed by atoms with Crippen molar-refractivity contribution in [2.45, 2.75) is 13.0 Å². The van der Waals surface area contributed by atoms with Gasteiger partial charge in [0.25, 0.3) is 0 Å². The van der Waals surface area contributed by atoms with Crippen molar-refractivity contribution < 1.29 is 0 Å². The number of anilines is 1. The van der Waals surface area contributed by atoms with Crippen molar-refractivity contribution in [2.75, 3.05) is 19.3 Å². The third-order valence-corrected chi connectivity index (χ3v) is 2.32. The van der Waals surface area contributed by atoms with Gasteiger partial charge in [-0.2, -0.15) is 4.98 Å². The number of nitrogens with two attached hydrogens (primary N) is 1. The number of hydrogen-bond acceptors (Lipinski definition) is 4. The summed E-state index contributed by atoms with van der Waals surface area (Å²) >= 11 is 0. The zero-order valence-electron chi connectivity index (χ0n) is 7.50. The molecule has 2 heterocycles. The van der Waals surface area contributed by atoms with Crippen molar-refractivity contribution >= 4 is 5.82 Å². The highest BCUT2D eigenvalue weighted by Gasteiger charge is 2.17. The highest BCUT2D eigenvalue weighted by atomic mass is 16.1. The summed E-state index contributed by atoms with van der Waals surface area (Å²) in [6.07, 6.45) is 0.841. The number of nitrogens with zero attached hydrogens (tertiary/aromatic N) is 2. The van der Waals surface area contributed by atoms with Crippen LogP contribution in [0.15, 0.2) is 4.79 Å². The van der Waals surface area contributed by atoms with Crippen LogP contribution in [0.5, 0.6) is 0 Å². The van der Waals surface area contributed by atoms with Gasteiger partial charge in [0, 0.05) is 30.8 Å². The van der Waals surface area contributed by atoms with E-state index >= 15 is 0 Å². The molecule has 70 valence electrons. The maximum atomic E-state index is 11.0. The molecule has 1 aromatic heterocycles. The van der Waals surface area contributed by atoms with Crippen LogP contribution in [0.4, 0.5) is 5.82 Å². The first-order chi connectivity index (χ1) is 6.16. The summed E-state index contributed by atoms with van der Waals surface area (Å²) in [5.74, 6) is 0.366. The number of H-pyrrole nitrogens is 1. The molecule has 5 heteroatoms.